The largest absolute Gasteiger partial charge is 0.491 e. The maximum atomic E-state index is 13.7. The molecule has 4 rings (SSSR count). The number of aryl methyl sites for hydroxylation is 1. The fourth-order valence-corrected chi connectivity index (χ4v) is 5.62. The van der Waals surface area contributed by atoms with Crippen LogP contribution in [0.25, 0.3) is 0 Å². The first kappa shape index (κ1) is 26.2. The van der Waals surface area contributed by atoms with Gasteiger partial charge in [-0.1, -0.05) is 48.9 Å². The Morgan fingerprint density at radius 2 is 1.97 bits per heavy atom. The van der Waals surface area contributed by atoms with Gasteiger partial charge in [0.2, 0.25) is 11.8 Å². The molecule has 0 saturated heterocycles. The summed E-state index contributed by atoms with van der Waals surface area (Å²) < 4.78 is 6.16. The summed E-state index contributed by atoms with van der Waals surface area (Å²) in [6.07, 6.45) is 1.89. The number of fused-ring (bicyclic) bond motifs is 1. The Morgan fingerprint density at radius 3 is 2.69 bits per heavy atom. The van der Waals surface area contributed by atoms with E-state index in [1.54, 1.807) is 16.2 Å². The summed E-state index contributed by atoms with van der Waals surface area (Å²) in [5, 5.41) is 2.77. The lowest BCUT2D eigenvalue weighted by molar-refractivity contribution is -0.144. The van der Waals surface area contributed by atoms with Gasteiger partial charge >= 0.3 is 0 Å². The molecule has 1 aliphatic rings. The van der Waals surface area contributed by atoms with Crippen molar-refractivity contribution in [3.8, 4) is 5.75 Å². The van der Waals surface area contributed by atoms with Crippen LogP contribution >= 0.6 is 22.9 Å². The molecular weight excluding hydrogens is 492 g/mol. The van der Waals surface area contributed by atoms with Crippen molar-refractivity contribution in [2.45, 2.75) is 52.1 Å². The molecule has 0 aliphatic carbocycles. The molecule has 190 valence electrons. The van der Waals surface area contributed by atoms with Crippen molar-refractivity contribution < 1.29 is 14.3 Å². The molecule has 36 heavy (non-hydrogen) atoms. The van der Waals surface area contributed by atoms with Gasteiger partial charge in [0.25, 0.3) is 0 Å². The number of nitrogens with zero attached hydrogens (tertiary/aromatic N) is 2. The highest BCUT2D eigenvalue weighted by Crippen LogP contribution is 2.34. The fraction of sp³-hybridized carbons (Fsp3) is 0.379. The first-order valence-corrected chi connectivity index (χ1v) is 13.7. The minimum absolute atomic E-state index is 0.0263. The normalized spacial score (nSPS) is 15.8. The highest BCUT2D eigenvalue weighted by molar-refractivity contribution is 7.10. The van der Waals surface area contributed by atoms with E-state index in [9.17, 15) is 9.59 Å². The summed E-state index contributed by atoms with van der Waals surface area (Å²) in [5.74, 6) is 0.655. The highest BCUT2D eigenvalue weighted by atomic mass is 35.5. The van der Waals surface area contributed by atoms with Gasteiger partial charge in [-0.3, -0.25) is 9.59 Å². The molecule has 0 fully saturated rings. The monoisotopic (exact) mass is 524 g/mol. The molecule has 1 aromatic heterocycles. The molecule has 5 nitrogen and oxygen atoms in total. The van der Waals surface area contributed by atoms with Crippen LogP contribution in [0.5, 0.6) is 5.75 Å². The Kier molecular flexibility index (Phi) is 8.70. The third-order valence-corrected chi connectivity index (χ3v) is 8.32. The van der Waals surface area contributed by atoms with Crippen LogP contribution in [-0.2, 0) is 22.4 Å². The Morgan fingerprint density at radius 1 is 1.19 bits per heavy atom. The highest BCUT2D eigenvalue weighted by Gasteiger charge is 2.34. The first-order valence-electron chi connectivity index (χ1n) is 12.5. The van der Waals surface area contributed by atoms with Gasteiger partial charge in [-0.2, -0.15) is 0 Å². The lowest BCUT2D eigenvalue weighted by Gasteiger charge is -2.38. The second-order valence-corrected chi connectivity index (χ2v) is 10.7. The smallest absolute Gasteiger partial charge is 0.242 e. The fourth-order valence-electron chi connectivity index (χ4n) is 4.58. The maximum Gasteiger partial charge on any atom is 0.242 e. The van der Waals surface area contributed by atoms with Crippen LogP contribution in [0.2, 0.25) is 5.02 Å². The van der Waals surface area contributed by atoms with Crippen LogP contribution < -0.4 is 4.74 Å². The maximum absolute atomic E-state index is 13.7. The summed E-state index contributed by atoms with van der Waals surface area (Å²) in [7, 11) is 0. The number of carbonyl (C=O) groups excluding carboxylic acids is 2. The summed E-state index contributed by atoms with van der Waals surface area (Å²) in [5.41, 5.74) is 3.03. The zero-order chi connectivity index (χ0) is 25.7. The number of carbonyl (C=O) groups is 2. The van der Waals surface area contributed by atoms with Crippen molar-refractivity contribution in [3.05, 3.63) is 86.6 Å². The van der Waals surface area contributed by atoms with E-state index in [0.29, 0.717) is 18.2 Å². The Bertz CT molecular complexity index is 1200. The predicted molar refractivity (Wildman–Crippen MR) is 146 cm³/mol. The Balaban J connectivity index is 1.51. The van der Waals surface area contributed by atoms with Crippen molar-refractivity contribution in [1.29, 1.82) is 0 Å². The lowest BCUT2D eigenvalue weighted by Crippen LogP contribution is -2.50. The van der Waals surface area contributed by atoms with Crippen molar-refractivity contribution in [1.82, 2.24) is 9.80 Å². The summed E-state index contributed by atoms with van der Waals surface area (Å²) in [6, 6.07) is 17.1. The number of hydrogen-bond acceptors (Lipinski definition) is 4. The molecule has 2 aromatic carbocycles. The van der Waals surface area contributed by atoms with Gasteiger partial charge in [-0.25, -0.2) is 0 Å². The van der Waals surface area contributed by atoms with Crippen LogP contribution in [0.3, 0.4) is 0 Å². The average Bonchev–Trinajstić information content (AvgIpc) is 3.37. The molecule has 0 radical (unpaired) electrons. The quantitative estimate of drug-likeness (QED) is 0.340. The molecule has 7 heteroatoms. The second kappa shape index (κ2) is 11.9. The number of rotatable bonds is 9. The molecule has 2 amide bonds. The molecule has 2 atom stereocenters. The lowest BCUT2D eigenvalue weighted by atomic mass is 10.00. The second-order valence-electron chi connectivity index (χ2n) is 9.32. The third-order valence-electron chi connectivity index (χ3n) is 6.90. The zero-order valence-electron chi connectivity index (χ0n) is 21.1. The van der Waals surface area contributed by atoms with Crippen LogP contribution in [-0.4, -0.2) is 47.4 Å². The van der Waals surface area contributed by atoms with E-state index < -0.39 is 0 Å². The number of hydrogen-bond donors (Lipinski definition) is 0. The Hall–Kier alpha value is -2.83. The molecule has 0 unspecified atom stereocenters. The standard InChI is InChI=1S/C29H33ClN2O3S/c1-4-21(3)32(28(33)17-22-8-6-5-7-9-22)18-29(34)31-14-12-27-24(13-15-36-27)26(31)19-35-23-10-11-25(30)20(2)16-23/h5-11,13,15-16,21,26H,4,12,14,17-19H2,1-3H3/t21-,26+/m1/s1. The van der Waals surface area contributed by atoms with Gasteiger partial charge in [0, 0.05) is 22.5 Å². The third kappa shape index (κ3) is 6.11. The van der Waals surface area contributed by atoms with E-state index in [0.717, 1.165) is 35.3 Å². The van der Waals surface area contributed by atoms with Gasteiger partial charge in [0.15, 0.2) is 0 Å². The Labute approximate surface area is 222 Å². The van der Waals surface area contributed by atoms with Gasteiger partial charge in [0.05, 0.1) is 12.5 Å². The minimum Gasteiger partial charge on any atom is -0.491 e. The van der Waals surface area contributed by atoms with Crippen LogP contribution in [0, 0.1) is 6.92 Å². The molecule has 0 spiro atoms. The van der Waals surface area contributed by atoms with E-state index in [1.807, 2.05) is 74.2 Å². The summed E-state index contributed by atoms with van der Waals surface area (Å²) in [6.45, 7) is 7.02. The van der Waals surface area contributed by atoms with Crippen molar-refractivity contribution in [3.63, 3.8) is 0 Å². The summed E-state index contributed by atoms with van der Waals surface area (Å²) >= 11 is 7.89. The molecular formula is C29H33ClN2O3S. The van der Waals surface area contributed by atoms with E-state index >= 15 is 0 Å². The molecule has 0 saturated carbocycles. The average molecular weight is 525 g/mol. The van der Waals surface area contributed by atoms with Gasteiger partial charge in [0.1, 0.15) is 18.9 Å². The van der Waals surface area contributed by atoms with Gasteiger partial charge in [-0.15, -0.1) is 11.3 Å². The van der Waals surface area contributed by atoms with Crippen LogP contribution in [0.15, 0.2) is 60.0 Å². The van der Waals surface area contributed by atoms with Crippen molar-refractivity contribution in [2.24, 2.45) is 0 Å². The van der Waals surface area contributed by atoms with E-state index in [4.69, 9.17) is 16.3 Å². The van der Waals surface area contributed by atoms with Gasteiger partial charge < -0.3 is 14.5 Å². The number of thiophene rings is 1. The SMILES string of the molecule is CC[C@@H](C)N(CC(=O)N1CCc2sccc2[C@@H]1COc1ccc(Cl)c(C)c1)C(=O)Cc1ccccc1. The molecule has 1 aliphatic heterocycles. The van der Waals surface area contributed by atoms with Crippen molar-refractivity contribution >= 4 is 34.8 Å². The van der Waals surface area contributed by atoms with E-state index in [2.05, 4.69) is 11.4 Å². The number of amides is 2. The minimum atomic E-state index is -0.202. The summed E-state index contributed by atoms with van der Waals surface area (Å²) in [4.78, 5) is 31.9. The zero-order valence-corrected chi connectivity index (χ0v) is 22.6. The van der Waals surface area contributed by atoms with E-state index in [-0.39, 0.29) is 36.9 Å². The number of ether oxygens (including phenoxy) is 1. The molecule has 0 N–H and O–H groups in total. The van der Waals surface area contributed by atoms with Crippen LogP contribution in [0.4, 0.5) is 0 Å². The molecule has 0 bridgehead atoms. The van der Waals surface area contributed by atoms with Crippen LogP contribution in [0.1, 0.15) is 47.9 Å². The topological polar surface area (TPSA) is 49.9 Å². The molecule has 2 heterocycles. The van der Waals surface area contributed by atoms with Gasteiger partial charge in [-0.05, 0) is 73.0 Å². The van der Waals surface area contributed by atoms with E-state index in [1.165, 1.54) is 4.88 Å². The molecule has 3 aromatic rings. The first-order chi connectivity index (χ1) is 17.4. The van der Waals surface area contributed by atoms with Crippen molar-refractivity contribution in [2.75, 3.05) is 19.7 Å². The predicted octanol–water partition coefficient (Wildman–Crippen LogP) is 6.08. The number of benzene rings is 2. The number of halogens is 1.